The summed E-state index contributed by atoms with van der Waals surface area (Å²) in [6, 6.07) is 2.02. The Morgan fingerprint density at radius 1 is 1.47 bits per heavy atom. The summed E-state index contributed by atoms with van der Waals surface area (Å²) in [4.78, 5) is 4.37. The van der Waals surface area contributed by atoms with Gasteiger partial charge in [0.15, 0.2) is 5.82 Å². The van der Waals surface area contributed by atoms with Gasteiger partial charge in [0.2, 0.25) is 0 Å². The zero-order valence-corrected chi connectivity index (χ0v) is 11.1. The van der Waals surface area contributed by atoms with E-state index in [2.05, 4.69) is 29.2 Å². The van der Waals surface area contributed by atoms with Gasteiger partial charge in [-0.05, 0) is 33.3 Å². The van der Waals surface area contributed by atoms with Crippen molar-refractivity contribution in [1.29, 1.82) is 0 Å². The maximum Gasteiger partial charge on any atom is 0.152 e. The van der Waals surface area contributed by atoms with Gasteiger partial charge < -0.3 is 5.32 Å². The van der Waals surface area contributed by atoms with E-state index in [9.17, 15) is 0 Å². The van der Waals surface area contributed by atoms with Crippen LogP contribution in [0.15, 0.2) is 18.5 Å². The molecule has 0 aliphatic heterocycles. The quantitative estimate of drug-likeness (QED) is 0.851. The van der Waals surface area contributed by atoms with E-state index in [0.29, 0.717) is 5.88 Å². The van der Waals surface area contributed by atoms with E-state index in [-0.39, 0.29) is 5.54 Å². The minimum absolute atomic E-state index is 0.0746. The van der Waals surface area contributed by atoms with E-state index in [1.165, 1.54) is 0 Å². The molecule has 2 aromatic heterocycles. The minimum atomic E-state index is -0.0746. The molecule has 0 saturated heterocycles. The van der Waals surface area contributed by atoms with E-state index in [1.54, 1.807) is 6.20 Å². The van der Waals surface area contributed by atoms with E-state index in [4.69, 9.17) is 11.6 Å². The smallest absolute Gasteiger partial charge is 0.152 e. The summed E-state index contributed by atoms with van der Waals surface area (Å²) in [5, 5.41) is 7.78. The van der Waals surface area contributed by atoms with Crippen LogP contribution in [0.4, 0.5) is 5.82 Å². The van der Waals surface area contributed by atoms with Crippen LogP contribution in [0.2, 0.25) is 0 Å². The van der Waals surface area contributed by atoms with Crippen LogP contribution in [0.1, 0.15) is 26.0 Å². The number of alkyl halides is 1. The molecule has 17 heavy (non-hydrogen) atoms. The van der Waals surface area contributed by atoms with Crippen molar-refractivity contribution in [3.63, 3.8) is 0 Å². The fourth-order valence-electron chi connectivity index (χ4n) is 1.76. The van der Waals surface area contributed by atoms with Gasteiger partial charge in [0, 0.05) is 23.8 Å². The number of aryl methyl sites for hydroxylation is 1. The van der Waals surface area contributed by atoms with Gasteiger partial charge in [-0.15, -0.1) is 11.6 Å². The topological polar surface area (TPSA) is 42.2 Å². The first kappa shape index (κ1) is 12.2. The molecule has 0 unspecified atom stereocenters. The zero-order chi connectivity index (χ0) is 12.5. The Labute approximate surface area is 106 Å². The Balaban J connectivity index is 2.35. The second kappa shape index (κ2) is 4.53. The second-order valence-corrected chi connectivity index (χ2v) is 5.22. The SMILES string of the molecule is Cc1cc2c(NC(C)(C)CCCl)nccn2n1. The first-order valence-electron chi connectivity index (χ1n) is 5.67. The largest absolute Gasteiger partial charge is 0.363 e. The number of hydrogen-bond acceptors (Lipinski definition) is 3. The van der Waals surface area contributed by atoms with Gasteiger partial charge in [-0.3, -0.25) is 0 Å². The number of nitrogens with one attached hydrogen (secondary N) is 1. The highest BCUT2D eigenvalue weighted by molar-refractivity contribution is 6.17. The van der Waals surface area contributed by atoms with Crippen LogP contribution in [0.3, 0.4) is 0 Å². The lowest BCUT2D eigenvalue weighted by Crippen LogP contribution is -2.31. The first-order valence-corrected chi connectivity index (χ1v) is 6.20. The Morgan fingerprint density at radius 2 is 2.24 bits per heavy atom. The van der Waals surface area contributed by atoms with Gasteiger partial charge in [-0.25, -0.2) is 9.50 Å². The molecule has 0 aliphatic carbocycles. The molecule has 2 heterocycles. The Hall–Kier alpha value is -1.29. The van der Waals surface area contributed by atoms with Gasteiger partial charge in [-0.1, -0.05) is 0 Å². The lowest BCUT2D eigenvalue weighted by molar-refractivity contribution is 0.548. The third kappa shape index (κ3) is 2.69. The minimum Gasteiger partial charge on any atom is -0.363 e. The van der Waals surface area contributed by atoms with Crippen LogP contribution in [-0.4, -0.2) is 26.0 Å². The maximum atomic E-state index is 5.80. The number of anilines is 1. The molecule has 5 heteroatoms. The average Bonchev–Trinajstić information content (AvgIpc) is 2.58. The molecule has 0 aliphatic rings. The van der Waals surface area contributed by atoms with E-state index >= 15 is 0 Å². The normalized spacial score (nSPS) is 12.0. The molecule has 4 nitrogen and oxygen atoms in total. The average molecular weight is 253 g/mol. The predicted molar refractivity (Wildman–Crippen MR) is 70.8 cm³/mol. The molecule has 0 aromatic carbocycles. The molecular weight excluding hydrogens is 236 g/mol. The molecule has 0 fully saturated rings. The lowest BCUT2D eigenvalue weighted by atomic mass is 10.0. The fourth-order valence-corrected chi connectivity index (χ4v) is 2.23. The Morgan fingerprint density at radius 3 is 2.94 bits per heavy atom. The van der Waals surface area contributed by atoms with Gasteiger partial charge in [0.25, 0.3) is 0 Å². The standard InChI is InChI=1S/C12H17ClN4/c1-9-8-10-11(14-6-7-17(10)16-9)15-12(2,3)4-5-13/h6-8H,4-5H2,1-3H3,(H,14,15). The van der Waals surface area contributed by atoms with E-state index in [0.717, 1.165) is 23.4 Å². The van der Waals surface area contributed by atoms with Crippen molar-refractivity contribution in [3.05, 3.63) is 24.2 Å². The van der Waals surface area contributed by atoms with Crippen molar-refractivity contribution < 1.29 is 0 Å². The Kier molecular flexibility index (Phi) is 3.24. The number of hydrogen-bond donors (Lipinski definition) is 1. The predicted octanol–water partition coefficient (Wildman–Crippen LogP) is 2.86. The number of nitrogens with zero attached hydrogens (tertiary/aromatic N) is 3. The van der Waals surface area contributed by atoms with Gasteiger partial charge in [0.05, 0.1) is 5.69 Å². The van der Waals surface area contributed by atoms with Crippen LogP contribution in [0, 0.1) is 6.92 Å². The highest BCUT2D eigenvalue weighted by Crippen LogP contribution is 2.21. The third-order valence-electron chi connectivity index (χ3n) is 2.69. The van der Waals surface area contributed by atoms with Gasteiger partial charge in [-0.2, -0.15) is 5.10 Å². The zero-order valence-electron chi connectivity index (χ0n) is 10.4. The summed E-state index contributed by atoms with van der Waals surface area (Å²) >= 11 is 5.80. The number of fused-ring (bicyclic) bond motifs is 1. The van der Waals surface area contributed by atoms with Gasteiger partial charge in [0.1, 0.15) is 5.52 Å². The monoisotopic (exact) mass is 252 g/mol. The van der Waals surface area contributed by atoms with Crippen LogP contribution in [0.5, 0.6) is 0 Å². The van der Waals surface area contributed by atoms with Crippen molar-refractivity contribution in [3.8, 4) is 0 Å². The summed E-state index contributed by atoms with van der Waals surface area (Å²) in [6.07, 6.45) is 4.48. The van der Waals surface area contributed by atoms with Crippen molar-refractivity contribution in [2.45, 2.75) is 32.7 Å². The van der Waals surface area contributed by atoms with E-state index < -0.39 is 0 Å². The third-order valence-corrected chi connectivity index (χ3v) is 2.88. The van der Waals surface area contributed by atoms with Crippen LogP contribution in [0.25, 0.3) is 5.52 Å². The summed E-state index contributed by atoms with van der Waals surface area (Å²) in [6.45, 7) is 6.20. The van der Waals surface area contributed by atoms with Crippen molar-refractivity contribution in [2.24, 2.45) is 0 Å². The second-order valence-electron chi connectivity index (χ2n) is 4.84. The molecule has 0 bridgehead atoms. The van der Waals surface area contributed by atoms with Crippen molar-refractivity contribution in [1.82, 2.24) is 14.6 Å². The van der Waals surface area contributed by atoms with Crippen LogP contribution in [-0.2, 0) is 0 Å². The molecule has 2 rings (SSSR count). The van der Waals surface area contributed by atoms with Crippen molar-refractivity contribution in [2.75, 3.05) is 11.2 Å². The molecule has 0 spiro atoms. The number of halogens is 1. The van der Waals surface area contributed by atoms with Gasteiger partial charge >= 0.3 is 0 Å². The van der Waals surface area contributed by atoms with E-state index in [1.807, 2.05) is 23.7 Å². The molecular formula is C12H17ClN4. The summed E-state index contributed by atoms with van der Waals surface area (Å²) in [7, 11) is 0. The molecule has 1 N–H and O–H groups in total. The molecule has 0 amide bonds. The highest BCUT2D eigenvalue weighted by Gasteiger charge is 2.18. The first-order chi connectivity index (χ1) is 8.02. The lowest BCUT2D eigenvalue weighted by Gasteiger charge is -2.26. The maximum absolute atomic E-state index is 5.80. The summed E-state index contributed by atoms with van der Waals surface area (Å²) < 4.78 is 1.83. The molecule has 0 saturated carbocycles. The molecule has 2 aromatic rings. The number of aromatic nitrogens is 3. The summed E-state index contributed by atoms with van der Waals surface area (Å²) in [5.41, 5.74) is 1.90. The van der Waals surface area contributed by atoms with Crippen LogP contribution >= 0.6 is 11.6 Å². The highest BCUT2D eigenvalue weighted by atomic mass is 35.5. The number of rotatable bonds is 4. The van der Waals surface area contributed by atoms with Crippen LogP contribution < -0.4 is 5.32 Å². The Bertz CT molecular complexity index is 518. The van der Waals surface area contributed by atoms with Crippen molar-refractivity contribution >= 4 is 22.9 Å². The molecule has 92 valence electrons. The molecule has 0 radical (unpaired) electrons. The fraction of sp³-hybridized carbons (Fsp3) is 0.500. The summed E-state index contributed by atoms with van der Waals surface area (Å²) in [5.74, 6) is 1.48. The molecule has 0 atom stereocenters.